The van der Waals surface area contributed by atoms with Crippen LogP contribution in [0.2, 0.25) is 0 Å². The number of alkyl halides is 14. The summed E-state index contributed by atoms with van der Waals surface area (Å²) >= 11 is 85.7. The molecular formula is C15H10Cl14O. The van der Waals surface area contributed by atoms with Crippen molar-refractivity contribution in [3.05, 3.63) is 34.9 Å². The average Bonchev–Trinajstić information content (AvgIpc) is 2.50. The highest BCUT2D eigenvalue weighted by atomic mass is 35.6. The van der Waals surface area contributed by atoms with Gasteiger partial charge in [0.2, 0.25) is 16.3 Å². The first-order valence-corrected chi connectivity index (χ1v) is 12.6. The van der Waals surface area contributed by atoms with Gasteiger partial charge in [-0.05, 0) is 36.6 Å². The Bertz CT molecular complexity index is 782. The molecule has 1 rings (SSSR count). The van der Waals surface area contributed by atoms with E-state index in [4.69, 9.17) is 162 Å². The van der Waals surface area contributed by atoms with Crippen LogP contribution in [-0.4, -0.2) is 21.4 Å². The lowest BCUT2D eigenvalue weighted by Crippen LogP contribution is -2.47. The van der Waals surface area contributed by atoms with Crippen LogP contribution in [0.4, 0.5) is 0 Å². The molecule has 0 atom stereocenters. The van der Waals surface area contributed by atoms with Gasteiger partial charge in [0.05, 0.1) is 5.60 Å². The van der Waals surface area contributed by atoms with Crippen molar-refractivity contribution >= 4 is 162 Å². The fraction of sp³-hybridized carbons (Fsp3) is 0.600. The van der Waals surface area contributed by atoms with Crippen molar-refractivity contribution in [1.29, 1.82) is 0 Å². The van der Waals surface area contributed by atoms with Crippen LogP contribution in [0.1, 0.15) is 30.5 Å². The van der Waals surface area contributed by atoms with Gasteiger partial charge in [-0.15, -0.1) is 0 Å². The maximum Gasteiger partial charge on any atom is 0.226 e. The van der Waals surface area contributed by atoms with E-state index in [0.29, 0.717) is 0 Å². The maximum absolute atomic E-state index is 10.6. The molecule has 1 N–H and O–H groups in total. The molecule has 0 aliphatic heterocycles. The summed E-state index contributed by atoms with van der Waals surface area (Å²) in [4.78, 5) is 0. The van der Waals surface area contributed by atoms with Crippen LogP contribution in [0, 0.1) is 0 Å². The zero-order chi connectivity index (χ0) is 24.4. The monoisotopic (exact) mass is 696 g/mol. The molecular weight excluding hydrogens is 693 g/mol. The molecule has 0 saturated carbocycles. The van der Waals surface area contributed by atoms with Gasteiger partial charge in [0.25, 0.3) is 0 Å². The number of hydrogen-bond acceptors (Lipinski definition) is 1. The molecule has 0 amide bonds. The first-order chi connectivity index (χ1) is 12.8. The summed E-state index contributed by atoms with van der Waals surface area (Å²) in [7, 11) is 0. The standard InChI is InChI=1S/C15H10Cl14O/c1-9(2,30)7-4-3-6(10(16,17)12(20,21)14(24,25)26)5-8(7)11(18,19)13(22,23)15(27,28)29/h3-5,30H,1-2H3. The molecule has 0 bridgehead atoms. The van der Waals surface area contributed by atoms with Crippen molar-refractivity contribution in [2.24, 2.45) is 0 Å². The fourth-order valence-corrected chi connectivity index (χ4v) is 5.21. The second-order valence-electron chi connectivity index (χ2n) is 6.61. The molecule has 1 aromatic rings. The number of hydrogen-bond donors (Lipinski definition) is 1. The minimum absolute atomic E-state index is 0.0516. The largest absolute Gasteiger partial charge is 0.386 e. The highest BCUT2D eigenvalue weighted by molar-refractivity contribution is 6.79. The Morgan fingerprint density at radius 3 is 1.27 bits per heavy atom. The number of rotatable bonds is 5. The van der Waals surface area contributed by atoms with E-state index < -0.39 is 30.5 Å². The molecule has 0 radical (unpaired) electrons. The van der Waals surface area contributed by atoms with Crippen LogP contribution in [0.5, 0.6) is 0 Å². The first kappa shape index (κ1) is 31.3. The molecule has 0 aliphatic carbocycles. The van der Waals surface area contributed by atoms with Crippen molar-refractivity contribution in [3.8, 4) is 0 Å². The van der Waals surface area contributed by atoms with Gasteiger partial charge in [0.15, 0.2) is 8.67 Å². The molecule has 174 valence electrons. The zero-order valence-corrected chi connectivity index (χ0v) is 25.1. The Balaban J connectivity index is 3.93. The molecule has 0 fully saturated rings. The van der Waals surface area contributed by atoms with Gasteiger partial charge in [-0.1, -0.05) is 175 Å². The molecule has 30 heavy (non-hydrogen) atoms. The van der Waals surface area contributed by atoms with Crippen molar-refractivity contribution in [2.45, 2.75) is 44.4 Å². The topological polar surface area (TPSA) is 20.2 Å². The molecule has 0 aromatic heterocycles. The van der Waals surface area contributed by atoms with Gasteiger partial charge in [-0.2, -0.15) is 0 Å². The van der Waals surface area contributed by atoms with Crippen LogP contribution < -0.4 is 0 Å². The van der Waals surface area contributed by atoms with Gasteiger partial charge in [-0.25, -0.2) is 0 Å². The van der Waals surface area contributed by atoms with E-state index in [1.54, 1.807) is 0 Å². The summed E-state index contributed by atoms with van der Waals surface area (Å²) < 4.78 is -14.1. The van der Waals surface area contributed by atoms with Crippen molar-refractivity contribution in [1.82, 2.24) is 0 Å². The molecule has 0 saturated heterocycles. The third-order valence-corrected chi connectivity index (χ3v) is 11.8. The Labute approximate surface area is 244 Å². The normalized spacial score (nSPS) is 15.5. The third-order valence-electron chi connectivity index (χ3n) is 3.88. The predicted molar refractivity (Wildman–Crippen MR) is 138 cm³/mol. The lowest BCUT2D eigenvalue weighted by Gasteiger charge is -2.41. The van der Waals surface area contributed by atoms with Crippen molar-refractivity contribution in [2.75, 3.05) is 0 Å². The smallest absolute Gasteiger partial charge is 0.226 e. The first-order valence-electron chi connectivity index (χ1n) is 7.36. The van der Waals surface area contributed by atoms with Crippen LogP contribution in [0.15, 0.2) is 18.2 Å². The average molecular weight is 703 g/mol. The van der Waals surface area contributed by atoms with Gasteiger partial charge in [-0.3, -0.25) is 0 Å². The lowest BCUT2D eigenvalue weighted by atomic mass is 9.88. The lowest BCUT2D eigenvalue weighted by molar-refractivity contribution is 0.0772. The summed E-state index contributed by atoms with van der Waals surface area (Å²) in [5.74, 6) is 0. The summed E-state index contributed by atoms with van der Waals surface area (Å²) in [6.07, 6.45) is 0. The Morgan fingerprint density at radius 2 is 0.933 bits per heavy atom. The highest BCUT2D eigenvalue weighted by Crippen LogP contribution is 2.64. The van der Waals surface area contributed by atoms with Gasteiger partial charge in [0, 0.05) is 0 Å². The van der Waals surface area contributed by atoms with Crippen LogP contribution in [-0.2, 0) is 14.3 Å². The third kappa shape index (κ3) is 5.79. The van der Waals surface area contributed by atoms with E-state index in [0.717, 1.165) is 0 Å². The zero-order valence-electron chi connectivity index (χ0n) is 14.5. The second kappa shape index (κ2) is 9.60. The van der Waals surface area contributed by atoms with Crippen LogP contribution >= 0.6 is 162 Å². The van der Waals surface area contributed by atoms with E-state index >= 15 is 0 Å². The minimum Gasteiger partial charge on any atom is -0.386 e. The molecule has 0 aliphatic rings. The number of aliphatic hydroxyl groups is 1. The summed E-state index contributed by atoms with van der Waals surface area (Å²) in [6.45, 7) is 2.86. The molecule has 0 spiro atoms. The van der Waals surface area contributed by atoms with Crippen molar-refractivity contribution < 1.29 is 5.11 Å². The van der Waals surface area contributed by atoms with E-state index in [1.807, 2.05) is 0 Å². The molecule has 0 heterocycles. The van der Waals surface area contributed by atoms with E-state index in [2.05, 4.69) is 0 Å². The predicted octanol–water partition coefficient (Wildman–Crippen LogP) is 10.3. The Morgan fingerprint density at radius 1 is 0.567 bits per heavy atom. The number of halogens is 14. The summed E-state index contributed by atoms with van der Waals surface area (Å²) in [6, 6.07) is 3.89. The van der Waals surface area contributed by atoms with Gasteiger partial charge < -0.3 is 5.11 Å². The maximum atomic E-state index is 10.6. The molecule has 0 unspecified atom stereocenters. The van der Waals surface area contributed by atoms with E-state index in [9.17, 15) is 5.11 Å². The molecule has 1 nitrogen and oxygen atoms in total. The van der Waals surface area contributed by atoms with E-state index in [-0.39, 0.29) is 16.7 Å². The Hall–Kier alpha value is 3.24. The SMILES string of the molecule is CC(C)(O)c1ccc(C(Cl)(Cl)C(Cl)(Cl)C(Cl)(Cl)Cl)cc1C(Cl)(Cl)C(Cl)(Cl)C(Cl)(Cl)Cl. The van der Waals surface area contributed by atoms with E-state index in [1.165, 1.54) is 32.0 Å². The fourth-order valence-electron chi connectivity index (χ4n) is 2.24. The molecule has 1 aromatic carbocycles. The summed E-state index contributed by atoms with van der Waals surface area (Å²) in [5, 5.41) is 10.6. The van der Waals surface area contributed by atoms with Gasteiger partial charge >= 0.3 is 0 Å². The van der Waals surface area contributed by atoms with Crippen molar-refractivity contribution in [3.63, 3.8) is 0 Å². The quantitative estimate of drug-likeness (QED) is 0.303. The number of benzene rings is 1. The molecule has 15 heteroatoms. The second-order valence-corrected chi connectivity index (χ2v) is 16.5. The van der Waals surface area contributed by atoms with Gasteiger partial charge in [0.1, 0.15) is 0 Å². The highest BCUT2D eigenvalue weighted by Gasteiger charge is 2.63. The Kier molecular flexibility index (Phi) is 10.0. The minimum atomic E-state index is -2.44. The summed E-state index contributed by atoms with van der Waals surface area (Å²) in [5.41, 5.74) is -1.59. The van der Waals surface area contributed by atoms with Crippen LogP contribution in [0.25, 0.3) is 0 Å². The van der Waals surface area contributed by atoms with Crippen LogP contribution in [0.3, 0.4) is 0 Å².